The van der Waals surface area contributed by atoms with Crippen LogP contribution in [0.3, 0.4) is 0 Å². The first kappa shape index (κ1) is 21.7. The van der Waals surface area contributed by atoms with Gasteiger partial charge in [-0.15, -0.1) is 0 Å². The Labute approximate surface area is 174 Å². The molecule has 0 atom stereocenters. The van der Waals surface area contributed by atoms with Crippen LogP contribution in [0.5, 0.6) is 0 Å². The molecule has 2 aliphatic rings. The van der Waals surface area contributed by atoms with Gasteiger partial charge in [0, 0.05) is 45.5 Å². The maximum absolute atomic E-state index is 12.6. The van der Waals surface area contributed by atoms with Crippen molar-refractivity contribution in [1.29, 1.82) is 0 Å². The lowest BCUT2D eigenvalue weighted by atomic mass is 9.79. The lowest BCUT2D eigenvalue weighted by molar-refractivity contribution is -0.118. The Morgan fingerprint density at radius 3 is 2.55 bits per heavy atom. The fourth-order valence-electron chi connectivity index (χ4n) is 4.11. The van der Waals surface area contributed by atoms with Crippen molar-refractivity contribution in [2.24, 2.45) is 0 Å². The third-order valence-corrected chi connectivity index (χ3v) is 5.46. The Morgan fingerprint density at radius 2 is 1.86 bits per heavy atom. The number of anilines is 1. The van der Waals surface area contributed by atoms with Gasteiger partial charge in [-0.05, 0) is 63.1 Å². The summed E-state index contributed by atoms with van der Waals surface area (Å²) in [6, 6.07) is 2.19. The lowest BCUT2D eigenvalue weighted by Gasteiger charge is -2.33. The monoisotopic (exact) mass is 398 g/mol. The lowest BCUT2D eigenvalue weighted by Crippen LogP contribution is -2.41. The average Bonchev–Trinajstić information content (AvgIpc) is 2.85. The number of amides is 2. The van der Waals surface area contributed by atoms with Gasteiger partial charge in [-0.1, -0.05) is 11.5 Å². The highest BCUT2D eigenvalue weighted by atomic mass is 16.6. The number of carbonyl (C=O) groups is 2. The fourth-order valence-corrected chi connectivity index (χ4v) is 4.11. The summed E-state index contributed by atoms with van der Waals surface area (Å²) in [5.41, 5.74) is 4.40. The molecule has 6 nitrogen and oxygen atoms in total. The first-order valence-corrected chi connectivity index (χ1v) is 10.4. The first-order valence-electron chi connectivity index (χ1n) is 10.4. The van der Waals surface area contributed by atoms with Crippen LogP contribution in [-0.2, 0) is 33.5 Å². The molecule has 1 aromatic carbocycles. The molecule has 29 heavy (non-hydrogen) atoms. The van der Waals surface area contributed by atoms with Crippen molar-refractivity contribution >= 4 is 31.0 Å². The standard InChI is InChI=1S/C22H31BN2O4/c1-22(2,3)29-21(27)24-11-8-15-14-16-6-7-18(26)25(10-5-13-28-4)20(16)19(23)17(15)9-12-24/h14H,5-13H2,1-4H3. The predicted molar refractivity (Wildman–Crippen MR) is 114 cm³/mol. The van der Waals surface area contributed by atoms with E-state index in [0.29, 0.717) is 51.0 Å². The van der Waals surface area contributed by atoms with Crippen molar-refractivity contribution in [3.63, 3.8) is 0 Å². The minimum Gasteiger partial charge on any atom is -0.444 e. The quantitative estimate of drug-likeness (QED) is 0.576. The normalized spacial score (nSPS) is 16.9. The molecular formula is C22H31BN2O4. The summed E-state index contributed by atoms with van der Waals surface area (Å²) >= 11 is 0. The summed E-state index contributed by atoms with van der Waals surface area (Å²) in [5, 5.41) is 0. The van der Waals surface area contributed by atoms with E-state index < -0.39 is 5.60 Å². The maximum atomic E-state index is 12.6. The molecule has 0 saturated heterocycles. The molecule has 0 spiro atoms. The van der Waals surface area contributed by atoms with Crippen molar-refractivity contribution in [1.82, 2.24) is 4.90 Å². The van der Waals surface area contributed by atoms with Crippen molar-refractivity contribution in [3.8, 4) is 0 Å². The highest BCUT2D eigenvalue weighted by Crippen LogP contribution is 2.30. The molecule has 2 amide bonds. The van der Waals surface area contributed by atoms with Crippen LogP contribution in [0.1, 0.15) is 50.3 Å². The third kappa shape index (κ3) is 4.94. The van der Waals surface area contributed by atoms with E-state index in [0.717, 1.165) is 29.7 Å². The summed E-state index contributed by atoms with van der Waals surface area (Å²) < 4.78 is 10.7. The largest absolute Gasteiger partial charge is 0.444 e. The molecule has 3 rings (SSSR count). The van der Waals surface area contributed by atoms with Gasteiger partial charge in [0.15, 0.2) is 0 Å². The number of aryl methyl sites for hydroxylation is 1. The number of benzene rings is 1. The molecule has 2 radical (unpaired) electrons. The van der Waals surface area contributed by atoms with Crippen LogP contribution in [0, 0.1) is 0 Å². The van der Waals surface area contributed by atoms with Crippen LogP contribution in [-0.4, -0.2) is 63.7 Å². The van der Waals surface area contributed by atoms with Gasteiger partial charge in [0.25, 0.3) is 0 Å². The number of carbonyl (C=O) groups excluding carboxylic acids is 2. The summed E-state index contributed by atoms with van der Waals surface area (Å²) in [5.74, 6) is 0.115. The second-order valence-corrected chi connectivity index (χ2v) is 8.79. The van der Waals surface area contributed by atoms with Gasteiger partial charge >= 0.3 is 6.09 Å². The van der Waals surface area contributed by atoms with E-state index in [1.807, 2.05) is 25.7 Å². The number of hydrogen-bond acceptors (Lipinski definition) is 4. The summed E-state index contributed by atoms with van der Waals surface area (Å²) in [4.78, 5) is 28.7. The van der Waals surface area contributed by atoms with Gasteiger partial charge in [-0.2, -0.15) is 0 Å². The SMILES string of the molecule is [B]c1c2c(cc3c1N(CCCOC)C(=O)CC3)CCN(C(=O)OC(C)(C)C)CC2. The Bertz CT molecular complexity index is 788. The van der Waals surface area contributed by atoms with E-state index in [1.165, 1.54) is 5.56 Å². The van der Waals surface area contributed by atoms with Gasteiger partial charge in [-0.25, -0.2) is 4.79 Å². The van der Waals surface area contributed by atoms with Crippen LogP contribution < -0.4 is 10.4 Å². The molecule has 7 heteroatoms. The second-order valence-electron chi connectivity index (χ2n) is 8.79. The van der Waals surface area contributed by atoms with Gasteiger partial charge < -0.3 is 19.3 Å². The molecule has 0 fully saturated rings. The van der Waals surface area contributed by atoms with Gasteiger partial charge in [-0.3, -0.25) is 4.79 Å². The highest BCUT2D eigenvalue weighted by Gasteiger charge is 2.30. The van der Waals surface area contributed by atoms with Crippen molar-refractivity contribution in [3.05, 3.63) is 22.8 Å². The zero-order valence-electron chi connectivity index (χ0n) is 18.0. The molecule has 0 N–H and O–H groups in total. The molecule has 0 aliphatic carbocycles. The molecule has 156 valence electrons. The fraction of sp³-hybridized carbons (Fsp3) is 0.636. The van der Waals surface area contributed by atoms with Crippen molar-refractivity contribution in [2.75, 3.05) is 38.3 Å². The number of hydrogen-bond donors (Lipinski definition) is 0. The van der Waals surface area contributed by atoms with Crippen LogP contribution in [0.25, 0.3) is 0 Å². The molecular weight excluding hydrogens is 367 g/mol. The van der Waals surface area contributed by atoms with Crippen molar-refractivity contribution in [2.45, 2.75) is 58.5 Å². The summed E-state index contributed by atoms with van der Waals surface area (Å²) in [6.45, 7) is 8.00. The third-order valence-electron chi connectivity index (χ3n) is 5.46. The number of rotatable bonds is 4. The number of nitrogens with zero attached hydrogens (tertiary/aromatic N) is 2. The minimum absolute atomic E-state index is 0.115. The van der Waals surface area contributed by atoms with Gasteiger partial charge in [0.1, 0.15) is 13.4 Å². The molecule has 2 heterocycles. The number of ether oxygens (including phenoxy) is 2. The topological polar surface area (TPSA) is 59.1 Å². The molecule has 0 unspecified atom stereocenters. The van der Waals surface area contributed by atoms with Gasteiger partial charge in [0.05, 0.1) is 0 Å². The highest BCUT2D eigenvalue weighted by molar-refractivity contribution is 6.38. The molecule has 2 aliphatic heterocycles. The van der Waals surface area contributed by atoms with Gasteiger partial charge in [0.2, 0.25) is 5.91 Å². The minimum atomic E-state index is -0.516. The molecule has 1 aromatic rings. The zero-order chi connectivity index (χ0) is 21.2. The number of methoxy groups -OCH3 is 1. The van der Waals surface area contributed by atoms with E-state index in [2.05, 4.69) is 6.07 Å². The van der Waals surface area contributed by atoms with Crippen LogP contribution in [0.4, 0.5) is 10.5 Å². The van der Waals surface area contributed by atoms with E-state index in [1.54, 1.807) is 12.0 Å². The Kier molecular flexibility index (Phi) is 6.57. The second kappa shape index (κ2) is 8.78. The first-order chi connectivity index (χ1) is 13.7. The Morgan fingerprint density at radius 1 is 1.14 bits per heavy atom. The Hall–Kier alpha value is -2.02. The Balaban J connectivity index is 1.85. The summed E-state index contributed by atoms with van der Waals surface area (Å²) in [6.07, 6.45) is 3.09. The summed E-state index contributed by atoms with van der Waals surface area (Å²) in [7, 11) is 8.28. The van der Waals surface area contributed by atoms with E-state index in [9.17, 15) is 9.59 Å². The number of fused-ring (bicyclic) bond motifs is 2. The van der Waals surface area contributed by atoms with Crippen LogP contribution >= 0.6 is 0 Å². The van der Waals surface area contributed by atoms with E-state index in [4.69, 9.17) is 17.3 Å². The van der Waals surface area contributed by atoms with Crippen LogP contribution in [0.2, 0.25) is 0 Å². The average molecular weight is 398 g/mol. The molecule has 0 bridgehead atoms. The molecule has 0 aromatic heterocycles. The van der Waals surface area contributed by atoms with E-state index >= 15 is 0 Å². The molecule has 0 saturated carbocycles. The maximum Gasteiger partial charge on any atom is 0.410 e. The van der Waals surface area contributed by atoms with E-state index in [-0.39, 0.29) is 12.0 Å². The smallest absolute Gasteiger partial charge is 0.410 e. The zero-order valence-corrected chi connectivity index (χ0v) is 18.0. The van der Waals surface area contributed by atoms with Crippen molar-refractivity contribution < 1.29 is 19.1 Å². The van der Waals surface area contributed by atoms with Crippen LogP contribution in [0.15, 0.2) is 6.07 Å². The predicted octanol–water partition coefficient (Wildman–Crippen LogP) is 2.13.